The number of rotatable bonds is 12. The highest BCUT2D eigenvalue weighted by Crippen LogP contribution is 2.29. The van der Waals surface area contributed by atoms with Crippen molar-refractivity contribution in [3.8, 4) is 5.75 Å². The van der Waals surface area contributed by atoms with Crippen molar-refractivity contribution in [2.75, 3.05) is 20.8 Å². The molecule has 1 saturated heterocycles. The summed E-state index contributed by atoms with van der Waals surface area (Å²) in [5.41, 5.74) is 3.01. The predicted molar refractivity (Wildman–Crippen MR) is 134 cm³/mol. The van der Waals surface area contributed by atoms with Gasteiger partial charge in [0.25, 0.3) is 0 Å². The number of aliphatic hydroxyl groups excluding tert-OH is 1. The van der Waals surface area contributed by atoms with E-state index >= 15 is 0 Å². The third kappa shape index (κ3) is 7.13. The minimum atomic E-state index is -1.20. The van der Waals surface area contributed by atoms with Crippen LogP contribution in [0.5, 0.6) is 5.75 Å². The van der Waals surface area contributed by atoms with Crippen LogP contribution in [0, 0.1) is 0 Å². The van der Waals surface area contributed by atoms with E-state index in [0.29, 0.717) is 19.8 Å². The molecular formula is C29H34O7. The van der Waals surface area contributed by atoms with E-state index in [-0.39, 0.29) is 6.61 Å². The molecule has 0 aromatic heterocycles. The van der Waals surface area contributed by atoms with Gasteiger partial charge >= 0.3 is 0 Å². The lowest BCUT2D eigenvalue weighted by atomic mass is 9.98. The summed E-state index contributed by atoms with van der Waals surface area (Å²) in [7, 11) is 3.24. The van der Waals surface area contributed by atoms with Crippen molar-refractivity contribution in [2.24, 2.45) is 0 Å². The van der Waals surface area contributed by atoms with Crippen LogP contribution in [0.2, 0.25) is 0 Å². The lowest BCUT2D eigenvalue weighted by Gasteiger charge is -2.44. The van der Waals surface area contributed by atoms with Gasteiger partial charge in [0.05, 0.1) is 33.5 Å². The van der Waals surface area contributed by atoms with Gasteiger partial charge in [0.2, 0.25) is 0 Å². The van der Waals surface area contributed by atoms with Crippen molar-refractivity contribution in [1.82, 2.24) is 0 Å². The molecule has 0 bridgehead atoms. The van der Waals surface area contributed by atoms with E-state index in [0.717, 1.165) is 22.4 Å². The smallest absolute Gasteiger partial charge is 0.184 e. The molecule has 0 saturated carbocycles. The molecular weight excluding hydrogens is 460 g/mol. The van der Waals surface area contributed by atoms with E-state index in [4.69, 9.17) is 28.4 Å². The van der Waals surface area contributed by atoms with E-state index in [1.54, 1.807) is 14.2 Å². The zero-order chi connectivity index (χ0) is 25.2. The zero-order valence-electron chi connectivity index (χ0n) is 20.7. The van der Waals surface area contributed by atoms with Crippen LogP contribution in [0.4, 0.5) is 0 Å². The van der Waals surface area contributed by atoms with Crippen molar-refractivity contribution < 1.29 is 33.5 Å². The van der Waals surface area contributed by atoms with Crippen LogP contribution in [0.3, 0.4) is 0 Å². The molecule has 5 atom stereocenters. The van der Waals surface area contributed by atoms with Gasteiger partial charge in [-0.3, -0.25) is 0 Å². The Balaban J connectivity index is 1.43. The second kappa shape index (κ2) is 13.5. The summed E-state index contributed by atoms with van der Waals surface area (Å²) in [6.45, 7) is 1.27. The number of ether oxygens (including phenoxy) is 6. The SMILES string of the molecule is COc1ccc(COC[C@H]2O[C@@H](O)[C@H](OCc3ccccc3)[C@@H](OCc3ccccc3)[C@@H]2OC)cc1. The molecule has 1 aliphatic heterocycles. The molecule has 0 amide bonds. The molecule has 4 rings (SSSR count). The highest BCUT2D eigenvalue weighted by atomic mass is 16.7. The highest BCUT2D eigenvalue weighted by Gasteiger charge is 2.47. The van der Waals surface area contributed by atoms with Gasteiger partial charge in [-0.2, -0.15) is 0 Å². The summed E-state index contributed by atoms with van der Waals surface area (Å²) in [6, 6.07) is 27.3. The van der Waals surface area contributed by atoms with E-state index < -0.39 is 30.7 Å². The van der Waals surface area contributed by atoms with E-state index in [9.17, 15) is 5.11 Å². The first-order valence-corrected chi connectivity index (χ1v) is 12.1. The number of hydrogen-bond acceptors (Lipinski definition) is 7. The van der Waals surface area contributed by atoms with Gasteiger partial charge in [-0.05, 0) is 28.8 Å². The van der Waals surface area contributed by atoms with Gasteiger partial charge in [-0.25, -0.2) is 0 Å². The van der Waals surface area contributed by atoms with Gasteiger partial charge < -0.3 is 33.5 Å². The first kappa shape index (κ1) is 26.3. The van der Waals surface area contributed by atoms with Crippen molar-refractivity contribution in [3.05, 3.63) is 102 Å². The Morgan fingerprint density at radius 3 is 1.78 bits per heavy atom. The molecule has 1 N–H and O–H groups in total. The Hall–Kier alpha value is -2.78. The molecule has 36 heavy (non-hydrogen) atoms. The second-order valence-corrected chi connectivity index (χ2v) is 8.65. The van der Waals surface area contributed by atoms with Crippen molar-refractivity contribution >= 4 is 0 Å². The fraction of sp³-hybridized carbons (Fsp3) is 0.379. The van der Waals surface area contributed by atoms with Gasteiger partial charge in [0.15, 0.2) is 6.29 Å². The average molecular weight is 495 g/mol. The summed E-state index contributed by atoms with van der Waals surface area (Å²) in [6.07, 6.45) is -3.56. The Labute approximate surface area is 212 Å². The molecule has 3 aromatic rings. The van der Waals surface area contributed by atoms with Gasteiger partial charge in [0, 0.05) is 7.11 Å². The van der Waals surface area contributed by atoms with Gasteiger partial charge in [-0.1, -0.05) is 72.8 Å². The highest BCUT2D eigenvalue weighted by molar-refractivity contribution is 5.26. The molecule has 1 fully saturated rings. The van der Waals surface area contributed by atoms with Crippen LogP contribution >= 0.6 is 0 Å². The summed E-state index contributed by atoms with van der Waals surface area (Å²) < 4.78 is 35.3. The summed E-state index contributed by atoms with van der Waals surface area (Å²) in [5, 5.41) is 10.9. The van der Waals surface area contributed by atoms with Gasteiger partial charge in [0.1, 0.15) is 30.2 Å². The van der Waals surface area contributed by atoms with Crippen LogP contribution in [-0.2, 0) is 43.5 Å². The Morgan fingerprint density at radius 2 is 1.22 bits per heavy atom. The number of benzene rings is 3. The second-order valence-electron chi connectivity index (χ2n) is 8.65. The maximum Gasteiger partial charge on any atom is 0.184 e. The fourth-order valence-corrected chi connectivity index (χ4v) is 4.23. The van der Waals surface area contributed by atoms with Crippen LogP contribution in [0.1, 0.15) is 16.7 Å². The monoisotopic (exact) mass is 494 g/mol. The largest absolute Gasteiger partial charge is 0.497 e. The topological polar surface area (TPSA) is 75.6 Å². The standard InChI is InChI=1S/C29H34O7/c1-31-24-15-13-23(14-16-24)17-33-20-25-26(32-2)27(34-18-21-9-5-3-6-10-21)28(29(30)36-25)35-19-22-11-7-4-8-12-22/h3-16,25-30H,17-20H2,1-2H3/t25-,26-,27+,28-,29-/m1/s1. The number of hydrogen-bond donors (Lipinski definition) is 1. The Morgan fingerprint density at radius 1 is 0.667 bits per heavy atom. The number of aliphatic hydroxyl groups is 1. The lowest BCUT2D eigenvalue weighted by Crippen LogP contribution is -2.61. The molecule has 192 valence electrons. The lowest BCUT2D eigenvalue weighted by molar-refractivity contribution is -0.312. The first-order chi connectivity index (χ1) is 17.7. The van der Waals surface area contributed by atoms with Crippen LogP contribution in [-0.4, -0.2) is 56.6 Å². The third-order valence-corrected chi connectivity index (χ3v) is 6.16. The molecule has 1 aliphatic rings. The summed E-state index contributed by atoms with van der Waals surface area (Å²) in [5.74, 6) is 0.789. The van der Waals surface area contributed by atoms with E-state index in [2.05, 4.69) is 0 Å². The molecule has 0 aliphatic carbocycles. The van der Waals surface area contributed by atoms with Crippen LogP contribution < -0.4 is 4.74 Å². The van der Waals surface area contributed by atoms with Crippen molar-refractivity contribution in [2.45, 2.75) is 50.5 Å². The predicted octanol–water partition coefficient (Wildman–Crippen LogP) is 4.11. The molecule has 0 unspecified atom stereocenters. The Kier molecular flexibility index (Phi) is 9.86. The average Bonchev–Trinajstić information content (AvgIpc) is 2.93. The van der Waals surface area contributed by atoms with Gasteiger partial charge in [-0.15, -0.1) is 0 Å². The Bertz CT molecular complexity index is 1010. The number of methoxy groups -OCH3 is 2. The fourth-order valence-electron chi connectivity index (χ4n) is 4.23. The van der Waals surface area contributed by atoms with Crippen LogP contribution in [0.25, 0.3) is 0 Å². The zero-order valence-corrected chi connectivity index (χ0v) is 20.7. The molecule has 3 aromatic carbocycles. The molecule has 7 heteroatoms. The van der Waals surface area contributed by atoms with Crippen LogP contribution in [0.15, 0.2) is 84.9 Å². The minimum Gasteiger partial charge on any atom is -0.497 e. The molecule has 7 nitrogen and oxygen atoms in total. The van der Waals surface area contributed by atoms with E-state index in [1.165, 1.54) is 0 Å². The molecule has 0 spiro atoms. The summed E-state index contributed by atoms with van der Waals surface area (Å²) in [4.78, 5) is 0. The molecule has 0 radical (unpaired) electrons. The third-order valence-electron chi connectivity index (χ3n) is 6.16. The van der Waals surface area contributed by atoms with Crippen molar-refractivity contribution in [3.63, 3.8) is 0 Å². The first-order valence-electron chi connectivity index (χ1n) is 12.1. The van der Waals surface area contributed by atoms with E-state index in [1.807, 2.05) is 84.9 Å². The summed E-state index contributed by atoms with van der Waals surface area (Å²) >= 11 is 0. The quantitative estimate of drug-likeness (QED) is 0.406. The minimum absolute atomic E-state index is 0.220. The normalized spacial score (nSPS) is 23.9. The maximum atomic E-state index is 10.9. The molecule has 1 heterocycles. The maximum absolute atomic E-state index is 10.9. The van der Waals surface area contributed by atoms with Crippen molar-refractivity contribution in [1.29, 1.82) is 0 Å².